The number of nitrogens with one attached hydrogen (secondary N) is 1. The van der Waals surface area contributed by atoms with Crippen molar-refractivity contribution < 1.29 is 19.4 Å². The molecular formula is C15H31NO4. The zero-order chi connectivity index (χ0) is 15.6. The zero-order valence-electron chi connectivity index (χ0n) is 13.6. The van der Waals surface area contributed by atoms with E-state index >= 15 is 0 Å². The first-order valence-corrected chi connectivity index (χ1v) is 7.44. The van der Waals surface area contributed by atoms with E-state index in [0.29, 0.717) is 13.2 Å². The van der Waals surface area contributed by atoms with Gasteiger partial charge in [-0.25, -0.2) is 4.79 Å². The highest BCUT2D eigenvalue weighted by Gasteiger charge is 2.28. The maximum absolute atomic E-state index is 11.7. The Labute approximate surface area is 123 Å². The van der Waals surface area contributed by atoms with Gasteiger partial charge in [0.05, 0.1) is 6.61 Å². The Bertz CT molecular complexity index is 270. The van der Waals surface area contributed by atoms with Crippen molar-refractivity contribution in [3.8, 4) is 0 Å². The van der Waals surface area contributed by atoms with Gasteiger partial charge >= 0.3 is 6.09 Å². The molecule has 0 bridgehead atoms. The molecule has 0 aliphatic heterocycles. The van der Waals surface area contributed by atoms with Crippen molar-refractivity contribution in [2.24, 2.45) is 5.41 Å². The SMILES string of the molecule is CCCOCCC(CC)(CO)CNC(=O)OC(C)(C)C. The highest BCUT2D eigenvalue weighted by molar-refractivity contribution is 5.67. The van der Waals surface area contributed by atoms with Crippen LogP contribution in [-0.4, -0.2) is 43.2 Å². The number of alkyl carbamates (subject to hydrolysis) is 1. The molecule has 5 nitrogen and oxygen atoms in total. The van der Waals surface area contributed by atoms with Crippen LogP contribution >= 0.6 is 0 Å². The van der Waals surface area contributed by atoms with Gasteiger partial charge in [0.15, 0.2) is 0 Å². The van der Waals surface area contributed by atoms with E-state index in [9.17, 15) is 9.90 Å². The predicted molar refractivity (Wildman–Crippen MR) is 79.8 cm³/mol. The first-order valence-electron chi connectivity index (χ1n) is 7.44. The molecular weight excluding hydrogens is 258 g/mol. The molecule has 0 aliphatic rings. The van der Waals surface area contributed by atoms with Gasteiger partial charge in [0.2, 0.25) is 0 Å². The van der Waals surface area contributed by atoms with Gasteiger partial charge in [0.25, 0.3) is 0 Å². The average molecular weight is 289 g/mol. The fourth-order valence-corrected chi connectivity index (χ4v) is 1.75. The van der Waals surface area contributed by atoms with Crippen molar-refractivity contribution in [2.75, 3.05) is 26.4 Å². The molecule has 120 valence electrons. The molecule has 20 heavy (non-hydrogen) atoms. The van der Waals surface area contributed by atoms with E-state index in [0.717, 1.165) is 25.9 Å². The summed E-state index contributed by atoms with van der Waals surface area (Å²) in [6, 6.07) is 0. The van der Waals surface area contributed by atoms with Crippen LogP contribution in [0.2, 0.25) is 0 Å². The third-order valence-electron chi connectivity index (χ3n) is 3.22. The maximum Gasteiger partial charge on any atom is 0.407 e. The van der Waals surface area contributed by atoms with E-state index in [-0.39, 0.29) is 12.0 Å². The van der Waals surface area contributed by atoms with Crippen molar-refractivity contribution >= 4 is 6.09 Å². The summed E-state index contributed by atoms with van der Waals surface area (Å²) in [6.07, 6.45) is 2.03. The van der Waals surface area contributed by atoms with E-state index in [2.05, 4.69) is 12.2 Å². The Morgan fingerprint density at radius 2 is 1.85 bits per heavy atom. The fraction of sp³-hybridized carbons (Fsp3) is 0.933. The highest BCUT2D eigenvalue weighted by atomic mass is 16.6. The van der Waals surface area contributed by atoms with Gasteiger partial charge < -0.3 is 19.9 Å². The number of ether oxygens (including phenoxy) is 2. The minimum Gasteiger partial charge on any atom is -0.444 e. The summed E-state index contributed by atoms with van der Waals surface area (Å²) in [6.45, 7) is 11.3. The van der Waals surface area contributed by atoms with E-state index < -0.39 is 11.7 Å². The van der Waals surface area contributed by atoms with Crippen LogP contribution in [0.3, 0.4) is 0 Å². The largest absolute Gasteiger partial charge is 0.444 e. The molecule has 1 unspecified atom stereocenters. The van der Waals surface area contributed by atoms with Crippen molar-refractivity contribution in [3.63, 3.8) is 0 Å². The second kappa shape index (κ2) is 9.19. The lowest BCUT2D eigenvalue weighted by atomic mass is 9.83. The standard InChI is InChI=1S/C15H31NO4/c1-6-9-19-10-8-15(7-2,12-17)11-16-13(18)20-14(3,4)5/h17H,6-12H2,1-5H3,(H,16,18). The summed E-state index contributed by atoms with van der Waals surface area (Å²) < 4.78 is 10.7. The second-order valence-corrected chi connectivity index (χ2v) is 6.23. The highest BCUT2D eigenvalue weighted by Crippen LogP contribution is 2.25. The van der Waals surface area contributed by atoms with Crippen LogP contribution in [-0.2, 0) is 9.47 Å². The average Bonchev–Trinajstić information content (AvgIpc) is 2.37. The van der Waals surface area contributed by atoms with Crippen molar-refractivity contribution in [3.05, 3.63) is 0 Å². The number of amides is 1. The van der Waals surface area contributed by atoms with E-state index in [1.807, 2.05) is 27.7 Å². The molecule has 2 N–H and O–H groups in total. The molecule has 0 rings (SSSR count). The third-order valence-corrected chi connectivity index (χ3v) is 3.22. The summed E-state index contributed by atoms with van der Waals surface area (Å²) in [5.74, 6) is 0. The topological polar surface area (TPSA) is 67.8 Å². The van der Waals surface area contributed by atoms with E-state index in [1.165, 1.54) is 0 Å². The summed E-state index contributed by atoms with van der Waals surface area (Å²) in [5.41, 5.74) is -0.854. The Balaban J connectivity index is 4.27. The van der Waals surface area contributed by atoms with Crippen LogP contribution in [0.15, 0.2) is 0 Å². The van der Waals surface area contributed by atoms with Crippen LogP contribution in [0.4, 0.5) is 4.79 Å². The summed E-state index contributed by atoms with van der Waals surface area (Å²) in [5, 5.41) is 12.4. The molecule has 0 saturated heterocycles. The third kappa shape index (κ3) is 8.38. The second-order valence-electron chi connectivity index (χ2n) is 6.23. The lowest BCUT2D eigenvalue weighted by Gasteiger charge is -2.31. The molecule has 0 spiro atoms. The van der Waals surface area contributed by atoms with Gasteiger partial charge in [0, 0.05) is 25.2 Å². The monoisotopic (exact) mass is 289 g/mol. The van der Waals surface area contributed by atoms with E-state index in [1.54, 1.807) is 0 Å². The number of aliphatic hydroxyl groups excluding tert-OH is 1. The lowest BCUT2D eigenvalue weighted by molar-refractivity contribution is 0.0355. The predicted octanol–water partition coefficient (Wildman–Crippen LogP) is 2.72. The van der Waals surface area contributed by atoms with Gasteiger partial charge in [-0.2, -0.15) is 0 Å². The number of hydrogen-bond acceptors (Lipinski definition) is 4. The van der Waals surface area contributed by atoms with Gasteiger partial charge in [-0.05, 0) is 40.0 Å². The van der Waals surface area contributed by atoms with Crippen molar-refractivity contribution in [2.45, 2.75) is 59.5 Å². The van der Waals surface area contributed by atoms with Gasteiger partial charge in [-0.15, -0.1) is 0 Å². The summed E-state index contributed by atoms with van der Waals surface area (Å²) in [7, 11) is 0. The molecule has 1 atom stereocenters. The van der Waals surface area contributed by atoms with Crippen LogP contribution < -0.4 is 5.32 Å². The molecule has 5 heteroatoms. The molecule has 0 aromatic rings. The van der Waals surface area contributed by atoms with Crippen LogP contribution in [0.5, 0.6) is 0 Å². The molecule has 0 radical (unpaired) electrons. The van der Waals surface area contributed by atoms with Crippen LogP contribution in [0, 0.1) is 5.41 Å². The number of rotatable bonds is 9. The Morgan fingerprint density at radius 3 is 2.30 bits per heavy atom. The number of aliphatic hydroxyl groups is 1. The van der Waals surface area contributed by atoms with Crippen LogP contribution in [0.1, 0.15) is 53.9 Å². The smallest absolute Gasteiger partial charge is 0.407 e. The first-order chi connectivity index (χ1) is 9.28. The molecule has 0 fully saturated rings. The molecule has 0 aromatic heterocycles. The number of carbonyl (C=O) groups is 1. The molecule has 1 amide bonds. The fourth-order valence-electron chi connectivity index (χ4n) is 1.75. The van der Waals surface area contributed by atoms with E-state index in [4.69, 9.17) is 9.47 Å². The van der Waals surface area contributed by atoms with Gasteiger partial charge in [0.1, 0.15) is 5.60 Å². The summed E-state index contributed by atoms with van der Waals surface area (Å²) >= 11 is 0. The Hall–Kier alpha value is -0.810. The molecule has 0 aromatic carbocycles. The summed E-state index contributed by atoms with van der Waals surface area (Å²) in [4.78, 5) is 11.7. The van der Waals surface area contributed by atoms with Crippen molar-refractivity contribution in [1.29, 1.82) is 0 Å². The Morgan fingerprint density at radius 1 is 1.20 bits per heavy atom. The maximum atomic E-state index is 11.7. The molecule has 0 aliphatic carbocycles. The van der Waals surface area contributed by atoms with Gasteiger partial charge in [-0.3, -0.25) is 0 Å². The Kier molecular flexibility index (Phi) is 8.81. The van der Waals surface area contributed by atoms with Gasteiger partial charge in [-0.1, -0.05) is 13.8 Å². The van der Waals surface area contributed by atoms with Crippen molar-refractivity contribution in [1.82, 2.24) is 5.32 Å². The first kappa shape index (κ1) is 19.2. The van der Waals surface area contributed by atoms with Crippen LogP contribution in [0.25, 0.3) is 0 Å². The quantitative estimate of drug-likeness (QED) is 0.640. The minimum absolute atomic E-state index is 0.0226. The number of hydrogen-bond donors (Lipinski definition) is 2. The zero-order valence-corrected chi connectivity index (χ0v) is 13.6. The molecule has 0 saturated carbocycles. The number of carbonyl (C=O) groups excluding carboxylic acids is 1. The minimum atomic E-state index is -0.511. The lowest BCUT2D eigenvalue weighted by Crippen LogP contribution is -2.42. The normalized spacial score (nSPS) is 14.7. The molecule has 0 heterocycles.